The number of non-ortho nitro benzene ring substituents is 1. The van der Waals surface area contributed by atoms with Gasteiger partial charge in [0.05, 0.1) is 9.83 Å². The zero-order chi connectivity index (χ0) is 19.6. The number of thioether (sulfide) groups is 1. The van der Waals surface area contributed by atoms with E-state index in [1.54, 1.807) is 30.3 Å². The van der Waals surface area contributed by atoms with E-state index in [1.165, 1.54) is 18.2 Å². The number of rotatable bonds is 4. The molecule has 3 rings (SSSR count). The summed E-state index contributed by atoms with van der Waals surface area (Å²) in [5.41, 5.74) is 2.95. The van der Waals surface area contributed by atoms with Gasteiger partial charge in [-0.2, -0.15) is 5.01 Å². The molecule has 0 spiro atoms. The lowest BCUT2D eigenvalue weighted by Gasteiger charge is -2.15. The molecule has 0 saturated carbocycles. The molecular formula is C17H10ClN3O4S2. The molecule has 2 amide bonds. The summed E-state index contributed by atoms with van der Waals surface area (Å²) in [4.78, 5) is 35.4. The molecule has 136 valence electrons. The number of nitro benzene ring substituents is 1. The number of hydrogen-bond donors (Lipinski definition) is 1. The molecular weight excluding hydrogens is 410 g/mol. The van der Waals surface area contributed by atoms with Gasteiger partial charge in [-0.05, 0) is 42.1 Å². The summed E-state index contributed by atoms with van der Waals surface area (Å²) in [7, 11) is 0. The molecule has 27 heavy (non-hydrogen) atoms. The quantitative estimate of drug-likeness (QED) is 0.351. The van der Waals surface area contributed by atoms with Gasteiger partial charge in [0.15, 0.2) is 4.32 Å². The minimum absolute atomic E-state index is 0.0416. The van der Waals surface area contributed by atoms with Gasteiger partial charge in [0.1, 0.15) is 0 Å². The van der Waals surface area contributed by atoms with Gasteiger partial charge in [-0.3, -0.25) is 25.1 Å². The molecule has 7 nitrogen and oxygen atoms in total. The first-order chi connectivity index (χ1) is 12.8. The largest absolute Gasteiger partial charge is 0.285 e. The molecule has 0 atom stereocenters. The van der Waals surface area contributed by atoms with Crippen LogP contribution >= 0.6 is 35.6 Å². The second-order valence-electron chi connectivity index (χ2n) is 5.32. The molecule has 0 aliphatic carbocycles. The summed E-state index contributed by atoms with van der Waals surface area (Å²) in [6, 6.07) is 12.1. The predicted octanol–water partition coefficient (Wildman–Crippen LogP) is 3.79. The van der Waals surface area contributed by atoms with E-state index < -0.39 is 16.7 Å². The average molecular weight is 420 g/mol. The van der Waals surface area contributed by atoms with Crippen LogP contribution in [0, 0.1) is 10.1 Å². The van der Waals surface area contributed by atoms with Crippen molar-refractivity contribution in [2.24, 2.45) is 0 Å². The highest BCUT2D eigenvalue weighted by molar-refractivity contribution is 8.26. The molecule has 1 saturated heterocycles. The van der Waals surface area contributed by atoms with Crippen molar-refractivity contribution < 1.29 is 14.5 Å². The molecule has 0 aromatic heterocycles. The molecule has 0 radical (unpaired) electrons. The SMILES string of the molecule is O=C(NN1C(=O)C(=Cc2ccc(Cl)cc2)SC1=S)c1cccc([N+](=O)[O-])c1. The molecule has 0 bridgehead atoms. The van der Waals surface area contributed by atoms with Crippen LogP contribution in [0.5, 0.6) is 0 Å². The maximum Gasteiger partial charge on any atom is 0.285 e. The van der Waals surface area contributed by atoms with Gasteiger partial charge >= 0.3 is 0 Å². The zero-order valence-electron chi connectivity index (χ0n) is 13.4. The molecule has 1 aliphatic rings. The number of amides is 2. The Morgan fingerprint density at radius 2 is 1.96 bits per heavy atom. The molecule has 1 aliphatic heterocycles. The molecule has 2 aromatic rings. The van der Waals surface area contributed by atoms with Crippen LogP contribution in [0.15, 0.2) is 53.4 Å². The minimum atomic E-state index is -0.678. The van der Waals surface area contributed by atoms with E-state index in [-0.39, 0.29) is 15.6 Å². The van der Waals surface area contributed by atoms with Gasteiger partial charge in [0.25, 0.3) is 17.5 Å². The van der Waals surface area contributed by atoms with Crippen LogP contribution in [0.3, 0.4) is 0 Å². The molecule has 0 unspecified atom stereocenters. The Labute approximate surface area is 168 Å². The molecule has 1 heterocycles. The first kappa shape index (κ1) is 19.0. The number of halogens is 1. The third kappa shape index (κ3) is 4.33. The average Bonchev–Trinajstić information content (AvgIpc) is 2.91. The van der Waals surface area contributed by atoms with Crippen LogP contribution in [-0.4, -0.2) is 26.1 Å². The number of nitro groups is 1. The fourth-order valence-electron chi connectivity index (χ4n) is 2.20. The van der Waals surface area contributed by atoms with Crippen molar-refractivity contribution in [3.8, 4) is 0 Å². The van der Waals surface area contributed by atoms with E-state index in [4.69, 9.17) is 23.8 Å². The number of nitrogens with zero attached hydrogens (tertiary/aromatic N) is 2. The Morgan fingerprint density at radius 1 is 1.26 bits per heavy atom. The van der Waals surface area contributed by atoms with Crippen LogP contribution in [0.4, 0.5) is 5.69 Å². The van der Waals surface area contributed by atoms with Crippen molar-refractivity contribution in [2.45, 2.75) is 0 Å². The lowest BCUT2D eigenvalue weighted by Crippen LogP contribution is -2.44. The number of carbonyl (C=O) groups excluding carboxylic acids is 2. The lowest BCUT2D eigenvalue weighted by molar-refractivity contribution is -0.384. The number of hydrazine groups is 1. The molecule has 1 fully saturated rings. The summed E-state index contributed by atoms with van der Waals surface area (Å²) in [6.45, 7) is 0. The van der Waals surface area contributed by atoms with Gasteiger partial charge < -0.3 is 0 Å². The van der Waals surface area contributed by atoms with Crippen molar-refractivity contribution >= 4 is 63.5 Å². The summed E-state index contributed by atoms with van der Waals surface area (Å²) in [5.74, 6) is -1.17. The second-order valence-corrected chi connectivity index (χ2v) is 7.43. The zero-order valence-corrected chi connectivity index (χ0v) is 15.8. The Bertz CT molecular complexity index is 992. The highest BCUT2D eigenvalue weighted by Gasteiger charge is 2.33. The fraction of sp³-hybridized carbons (Fsp3) is 0. The highest BCUT2D eigenvalue weighted by Crippen LogP contribution is 2.31. The van der Waals surface area contributed by atoms with Crippen molar-refractivity contribution in [1.29, 1.82) is 0 Å². The summed E-state index contributed by atoms with van der Waals surface area (Å²) in [5, 5.41) is 12.4. The van der Waals surface area contributed by atoms with Crippen LogP contribution in [0.2, 0.25) is 5.02 Å². The summed E-state index contributed by atoms with van der Waals surface area (Å²) in [6.07, 6.45) is 1.63. The maximum absolute atomic E-state index is 12.5. The molecule has 10 heteroatoms. The third-order valence-corrected chi connectivity index (χ3v) is 5.05. The number of nitrogens with one attached hydrogen (secondary N) is 1. The topological polar surface area (TPSA) is 92.6 Å². The van der Waals surface area contributed by atoms with Crippen molar-refractivity contribution in [3.05, 3.63) is 79.7 Å². The first-order valence-corrected chi connectivity index (χ1v) is 9.04. The van der Waals surface area contributed by atoms with Crippen molar-refractivity contribution in [1.82, 2.24) is 10.4 Å². The normalized spacial score (nSPS) is 15.3. The van der Waals surface area contributed by atoms with Gasteiger partial charge in [-0.25, -0.2) is 0 Å². The van der Waals surface area contributed by atoms with E-state index >= 15 is 0 Å². The minimum Gasteiger partial charge on any atom is -0.267 e. The van der Waals surface area contributed by atoms with Crippen molar-refractivity contribution in [3.63, 3.8) is 0 Å². The third-order valence-electron chi connectivity index (χ3n) is 3.49. The van der Waals surface area contributed by atoms with E-state index in [9.17, 15) is 19.7 Å². The van der Waals surface area contributed by atoms with E-state index in [1.807, 2.05) is 0 Å². The van der Waals surface area contributed by atoms with Crippen LogP contribution < -0.4 is 5.43 Å². The van der Waals surface area contributed by atoms with Gasteiger partial charge in [0.2, 0.25) is 0 Å². The van der Waals surface area contributed by atoms with E-state index in [0.717, 1.165) is 28.4 Å². The Balaban J connectivity index is 1.77. The molecule has 1 N–H and O–H groups in total. The lowest BCUT2D eigenvalue weighted by atomic mass is 10.2. The van der Waals surface area contributed by atoms with Crippen LogP contribution in [0.25, 0.3) is 6.08 Å². The Hall–Kier alpha value is -2.75. The summed E-state index contributed by atoms with van der Waals surface area (Å²) >= 11 is 12.0. The fourth-order valence-corrected chi connectivity index (χ4v) is 3.51. The monoisotopic (exact) mass is 419 g/mol. The van der Waals surface area contributed by atoms with Crippen LogP contribution in [-0.2, 0) is 4.79 Å². The second kappa shape index (κ2) is 7.87. The van der Waals surface area contributed by atoms with Gasteiger partial charge in [-0.15, -0.1) is 0 Å². The van der Waals surface area contributed by atoms with Crippen molar-refractivity contribution in [2.75, 3.05) is 0 Å². The number of thiocarbonyl (C=S) groups is 1. The standard InChI is InChI=1S/C17H10ClN3O4S2/c18-12-6-4-10(5-7-12)8-14-16(23)20(17(26)27-14)19-15(22)11-2-1-3-13(9-11)21(24)25/h1-9H,(H,19,22). The van der Waals surface area contributed by atoms with E-state index in [2.05, 4.69) is 5.43 Å². The number of benzene rings is 2. The van der Waals surface area contributed by atoms with E-state index in [0.29, 0.717) is 9.93 Å². The van der Waals surface area contributed by atoms with Crippen LogP contribution in [0.1, 0.15) is 15.9 Å². The number of hydrogen-bond acceptors (Lipinski definition) is 6. The highest BCUT2D eigenvalue weighted by atomic mass is 35.5. The Morgan fingerprint density at radius 3 is 2.63 bits per heavy atom. The van der Waals surface area contributed by atoms with Gasteiger partial charge in [-0.1, -0.05) is 41.6 Å². The Kier molecular flexibility index (Phi) is 5.54. The van der Waals surface area contributed by atoms with Gasteiger partial charge in [0, 0.05) is 22.7 Å². The summed E-state index contributed by atoms with van der Waals surface area (Å²) < 4.78 is 0.152. The molecule has 2 aromatic carbocycles. The maximum atomic E-state index is 12.5. The first-order valence-electron chi connectivity index (χ1n) is 7.44. The number of carbonyl (C=O) groups is 2. The predicted molar refractivity (Wildman–Crippen MR) is 107 cm³/mol. The smallest absolute Gasteiger partial charge is 0.267 e.